The number of carbonyl (C=O) groups excluding carboxylic acids is 1. The van der Waals surface area contributed by atoms with Crippen molar-refractivity contribution in [1.82, 2.24) is 4.57 Å². The highest BCUT2D eigenvalue weighted by Crippen LogP contribution is 2.25. The van der Waals surface area contributed by atoms with E-state index in [2.05, 4.69) is 56.8 Å². The predicted octanol–water partition coefficient (Wildman–Crippen LogP) is 5.70. The first-order valence-corrected chi connectivity index (χ1v) is 11.0. The Morgan fingerprint density at radius 3 is 2.68 bits per heavy atom. The molecule has 0 aliphatic heterocycles. The van der Waals surface area contributed by atoms with E-state index in [1.165, 1.54) is 16.9 Å². The highest BCUT2D eigenvalue weighted by Gasteiger charge is 2.11. The van der Waals surface area contributed by atoms with Crippen LogP contribution in [-0.2, 0) is 6.54 Å². The molecule has 3 aromatic rings. The Labute approximate surface area is 174 Å². The Morgan fingerprint density at radius 1 is 1.21 bits per heavy atom. The van der Waals surface area contributed by atoms with Crippen molar-refractivity contribution >= 4 is 39.2 Å². The van der Waals surface area contributed by atoms with Gasteiger partial charge in [0.1, 0.15) is 0 Å². The van der Waals surface area contributed by atoms with Crippen LogP contribution in [0.25, 0.3) is 10.2 Å². The standard InChI is InChI=1S/C23H24N2OS2/c1-6-12-25-20-11-10-17(15(2)3)14-21(20)28-23(25)24-22(26)18-8-7-9-19(13-18)27-16(4)5/h1,7-11,13-16H,12H2,2-5H3. The molecule has 28 heavy (non-hydrogen) atoms. The Bertz CT molecular complexity index is 1110. The third-order valence-corrected chi connectivity index (χ3v) is 6.31. The first-order chi connectivity index (χ1) is 13.4. The number of thioether (sulfide) groups is 1. The quantitative estimate of drug-likeness (QED) is 0.401. The van der Waals surface area contributed by atoms with Gasteiger partial charge in [-0.2, -0.15) is 4.99 Å². The number of hydrogen-bond donors (Lipinski definition) is 0. The van der Waals surface area contributed by atoms with Crippen molar-refractivity contribution in [3.63, 3.8) is 0 Å². The van der Waals surface area contributed by atoms with Gasteiger partial charge >= 0.3 is 0 Å². The van der Waals surface area contributed by atoms with E-state index < -0.39 is 0 Å². The van der Waals surface area contributed by atoms with Crippen LogP contribution in [-0.4, -0.2) is 15.7 Å². The first kappa shape index (κ1) is 20.4. The fourth-order valence-corrected chi connectivity index (χ4v) is 4.88. The smallest absolute Gasteiger partial charge is 0.279 e. The summed E-state index contributed by atoms with van der Waals surface area (Å²) in [4.78, 5) is 19.0. The van der Waals surface area contributed by atoms with E-state index in [0.29, 0.717) is 28.1 Å². The van der Waals surface area contributed by atoms with Crippen LogP contribution < -0.4 is 4.80 Å². The van der Waals surface area contributed by atoms with Crippen molar-refractivity contribution in [2.75, 3.05) is 0 Å². The van der Waals surface area contributed by atoms with Crippen LogP contribution in [0.3, 0.4) is 0 Å². The molecule has 0 saturated heterocycles. The molecule has 3 nitrogen and oxygen atoms in total. The van der Waals surface area contributed by atoms with Crippen molar-refractivity contribution in [1.29, 1.82) is 0 Å². The molecule has 0 bridgehead atoms. The number of benzene rings is 2. The maximum absolute atomic E-state index is 12.8. The predicted molar refractivity (Wildman–Crippen MR) is 120 cm³/mol. The van der Waals surface area contributed by atoms with Gasteiger partial charge in [0.05, 0.1) is 16.8 Å². The largest absolute Gasteiger partial charge is 0.305 e. The summed E-state index contributed by atoms with van der Waals surface area (Å²) in [7, 11) is 0. The molecule has 1 heterocycles. The lowest BCUT2D eigenvalue weighted by Crippen LogP contribution is -2.16. The lowest BCUT2D eigenvalue weighted by molar-refractivity contribution is 0.0997. The summed E-state index contributed by atoms with van der Waals surface area (Å²) in [6, 6.07) is 14.0. The first-order valence-electron chi connectivity index (χ1n) is 9.31. The van der Waals surface area contributed by atoms with Gasteiger partial charge in [-0.15, -0.1) is 18.2 Å². The van der Waals surface area contributed by atoms with E-state index in [9.17, 15) is 4.79 Å². The van der Waals surface area contributed by atoms with Crippen molar-refractivity contribution in [3.05, 3.63) is 58.4 Å². The van der Waals surface area contributed by atoms with E-state index in [4.69, 9.17) is 6.42 Å². The molecule has 0 aliphatic rings. The minimum Gasteiger partial charge on any atom is -0.305 e. The molecule has 5 heteroatoms. The summed E-state index contributed by atoms with van der Waals surface area (Å²) in [5.74, 6) is 2.88. The van der Waals surface area contributed by atoms with Gasteiger partial charge in [0.15, 0.2) is 4.80 Å². The highest BCUT2D eigenvalue weighted by molar-refractivity contribution is 7.99. The number of nitrogens with zero attached hydrogens (tertiary/aromatic N) is 2. The van der Waals surface area contributed by atoms with Crippen LogP contribution in [0.15, 0.2) is 52.4 Å². The van der Waals surface area contributed by atoms with Crippen LogP contribution in [0, 0.1) is 12.3 Å². The van der Waals surface area contributed by atoms with Crippen molar-refractivity contribution < 1.29 is 4.79 Å². The van der Waals surface area contributed by atoms with Crippen molar-refractivity contribution in [2.24, 2.45) is 4.99 Å². The van der Waals surface area contributed by atoms with Crippen LogP contribution >= 0.6 is 23.1 Å². The molecule has 0 N–H and O–H groups in total. The monoisotopic (exact) mass is 408 g/mol. The summed E-state index contributed by atoms with van der Waals surface area (Å²) >= 11 is 3.24. The van der Waals surface area contributed by atoms with Gasteiger partial charge in [0, 0.05) is 15.7 Å². The lowest BCUT2D eigenvalue weighted by atomic mass is 10.0. The van der Waals surface area contributed by atoms with Gasteiger partial charge in [-0.3, -0.25) is 4.79 Å². The number of rotatable bonds is 5. The normalized spacial score (nSPS) is 12.1. The fourth-order valence-electron chi connectivity index (χ4n) is 2.90. The van der Waals surface area contributed by atoms with Crippen molar-refractivity contribution in [3.8, 4) is 12.3 Å². The van der Waals surface area contributed by atoms with Gasteiger partial charge in [-0.05, 0) is 41.8 Å². The van der Waals surface area contributed by atoms with E-state index in [0.717, 1.165) is 15.1 Å². The second-order valence-electron chi connectivity index (χ2n) is 7.17. The molecular formula is C23H24N2OS2. The number of amides is 1. The Hall–Kier alpha value is -2.29. The van der Waals surface area contributed by atoms with Crippen LogP contribution in [0.2, 0.25) is 0 Å². The van der Waals surface area contributed by atoms with E-state index >= 15 is 0 Å². The molecule has 3 rings (SSSR count). The molecular weight excluding hydrogens is 384 g/mol. The topological polar surface area (TPSA) is 34.4 Å². The fraction of sp³-hybridized carbons (Fsp3) is 0.304. The van der Waals surface area contributed by atoms with E-state index in [1.54, 1.807) is 11.8 Å². The maximum atomic E-state index is 12.8. The van der Waals surface area contributed by atoms with Crippen LogP contribution in [0.1, 0.15) is 49.5 Å². The molecule has 0 fully saturated rings. The minimum atomic E-state index is -0.243. The van der Waals surface area contributed by atoms with Gasteiger partial charge in [-0.1, -0.05) is 57.1 Å². The minimum absolute atomic E-state index is 0.243. The molecule has 0 unspecified atom stereocenters. The zero-order valence-corrected chi connectivity index (χ0v) is 18.2. The molecule has 0 spiro atoms. The number of aromatic nitrogens is 1. The average molecular weight is 409 g/mol. The molecule has 0 radical (unpaired) electrons. The number of hydrogen-bond acceptors (Lipinski definition) is 3. The Balaban J connectivity index is 2.06. The third kappa shape index (κ3) is 4.57. The molecule has 1 aromatic heterocycles. The Kier molecular flexibility index (Phi) is 6.43. The second-order valence-corrected chi connectivity index (χ2v) is 9.83. The summed E-state index contributed by atoms with van der Waals surface area (Å²) in [6.07, 6.45) is 5.57. The van der Waals surface area contributed by atoms with Crippen LogP contribution in [0.4, 0.5) is 0 Å². The molecule has 0 saturated carbocycles. The third-order valence-electron chi connectivity index (χ3n) is 4.27. The van der Waals surface area contributed by atoms with Gasteiger partial charge in [0.2, 0.25) is 0 Å². The number of fused-ring (bicyclic) bond motifs is 1. The van der Waals surface area contributed by atoms with Gasteiger partial charge in [0.25, 0.3) is 5.91 Å². The zero-order valence-electron chi connectivity index (χ0n) is 16.6. The molecule has 2 aromatic carbocycles. The zero-order chi connectivity index (χ0) is 20.3. The van der Waals surface area contributed by atoms with E-state index in [-0.39, 0.29) is 5.91 Å². The average Bonchev–Trinajstić information content (AvgIpc) is 2.98. The number of thiazole rings is 1. The lowest BCUT2D eigenvalue weighted by Gasteiger charge is -2.06. The van der Waals surface area contributed by atoms with E-state index in [1.807, 2.05) is 28.8 Å². The Morgan fingerprint density at radius 2 is 2.00 bits per heavy atom. The van der Waals surface area contributed by atoms with Crippen molar-refractivity contribution in [2.45, 2.75) is 50.3 Å². The highest BCUT2D eigenvalue weighted by atomic mass is 32.2. The SMILES string of the molecule is C#CCn1c(=NC(=O)c2cccc(SC(C)C)c2)sc2cc(C(C)C)ccc21. The second kappa shape index (κ2) is 8.81. The van der Waals surface area contributed by atoms with Gasteiger partial charge < -0.3 is 4.57 Å². The summed E-state index contributed by atoms with van der Waals surface area (Å²) in [5.41, 5.74) is 2.87. The summed E-state index contributed by atoms with van der Waals surface area (Å²) in [5, 5.41) is 0.456. The summed E-state index contributed by atoms with van der Waals surface area (Å²) < 4.78 is 3.03. The molecule has 0 aliphatic carbocycles. The van der Waals surface area contributed by atoms with Gasteiger partial charge in [-0.25, -0.2) is 0 Å². The maximum Gasteiger partial charge on any atom is 0.279 e. The summed E-state index contributed by atoms with van der Waals surface area (Å²) in [6.45, 7) is 8.99. The molecule has 1 amide bonds. The molecule has 0 atom stereocenters. The molecule has 144 valence electrons. The number of carbonyl (C=O) groups is 1. The van der Waals surface area contributed by atoms with Crippen LogP contribution in [0.5, 0.6) is 0 Å². The number of terminal acetylenes is 1.